The number of amides is 1. The van der Waals surface area contributed by atoms with Crippen molar-refractivity contribution in [1.29, 1.82) is 0 Å². The van der Waals surface area contributed by atoms with Crippen LogP contribution in [0.5, 0.6) is 0 Å². The van der Waals surface area contributed by atoms with Gasteiger partial charge in [-0.15, -0.1) is 0 Å². The number of hydrogen-bond acceptors (Lipinski definition) is 2. The Labute approximate surface area is 90.7 Å². The zero-order valence-electron chi connectivity index (χ0n) is 9.29. The molecule has 1 amide bonds. The lowest BCUT2D eigenvalue weighted by atomic mass is 10.1. The van der Waals surface area contributed by atoms with Crippen LogP contribution in [0.15, 0.2) is 24.3 Å². The van der Waals surface area contributed by atoms with Gasteiger partial charge in [-0.1, -0.05) is 19.1 Å². The Kier molecular flexibility index (Phi) is 4.16. The lowest BCUT2D eigenvalue weighted by molar-refractivity contribution is -0.121. The molecule has 0 spiro atoms. The maximum absolute atomic E-state index is 11.5. The predicted molar refractivity (Wildman–Crippen MR) is 62.5 cm³/mol. The molecule has 0 saturated heterocycles. The van der Waals surface area contributed by atoms with Crippen molar-refractivity contribution in [2.24, 2.45) is 0 Å². The van der Waals surface area contributed by atoms with Gasteiger partial charge in [0.15, 0.2) is 0 Å². The molecule has 0 saturated carbocycles. The molecular formula is C12H18N2O. The van der Waals surface area contributed by atoms with Crippen LogP contribution in [0, 0.1) is 0 Å². The van der Waals surface area contributed by atoms with E-state index in [0.717, 1.165) is 17.7 Å². The van der Waals surface area contributed by atoms with Crippen molar-refractivity contribution in [3.63, 3.8) is 0 Å². The highest BCUT2D eigenvalue weighted by Gasteiger charge is 2.05. The number of anilines is 1. The zero-order chi connectivity index (χ0) is 11.3. The molecule has 0 fully saturated rings. The molecule has 0 aromatic heterocycles. The van der Waals surface area contributed by atoms with E-state index in [1.807, 2.05) is 38.1 Å². The maximum Gasteiger partial charge on any atom is 0.224 e. The first kappa shape index (κ1) is 11.6. The second kappa shape index (κ2) is 5.39. The Morgan fingerprint density at radius 1 is 1.40 bits per heavy atom. The summed E-state index contributed by atoms with van der Waals surface area (Å²) in [5, 5.41) is 2.92. The monoisotopic (exact) mass is 206 g/mol. The van der Waals surface area contributed by atoms with Gasteiger partial charge in [-0.25, -0.2) is 0 Å². The van der Waals surface area contributed by atoms with Gasteiger partial charge >= 0.3 is 0 Å². The SMILES string of the molecule is CC[C@H](C)NC(=O)Cc1ccc(N)cc1. The van der Waals surface area contributed by atoms with E-state index in [0.29, 0.717) is 6.42 Å². The number of carbonyl (C=O) groups excluding carboxylic acids is 1. The van der Waals surface area contributed by atoms with Crippen molar-refractivity contribution in [3.8, 4) is 0 Å². The summed E-state index contributed by atoms with van der Waals surface area (Å²) in [6.45, 7) is 4.05. The quantitative estimate of drug-likeness (QED) is 0.737. The van der Waals surface area contributed by atoms with Crippen LogP contribution < -0.4 is 11.1 Å². The molecule has 1 aromatic rings. The van der Waals surface area contributed by atoms with Crippen LogP contribution in [0.4, 0.5) is 5.69 Å². The normalized spacial score (nSPS) is 12.1. The summed E-state index contributed by atoms with van der Waals surface area (Å²) in [5.41, 5.74) is 7.27. The summed E-state index contributed by atoms with van der Waals surface area (Å²) >= 11 is 0. The van der Waals surface area contributed by atoms with Crippen molar-refractivity contribution in [1.82, 2.24) is 5.32 Å². The standard InChI is InChI=1S/C12H18N2O/c1-3-9(2)14-12(15)8-10-4-6-11(13)7-5-10/h4-7,9H,3,8,13H2,1-2H3,(H,14,15)/t9-/m0/s1. The molecule has 3 nitrogen and oxygen atoms in total. The summed E-state index contributed by atoms with van der Waals surface area (Å²) in [6.07, 6.45) is 1.37. The first-order valence-corrected chi connectivity index (χ1v) is 5.25. The van der Waals surface area contributed by atoms with E-state index in [1.54, 1.807) is 0 Å². The summed E-state index contributed by atoms with van der Waals surface area (Å²) in [6, 6.07) is 7.63. The molecule has 15 heavy (non-hydrogen) atoms. The molecule has 3 N–H and O–H groups in total. The highest BCUT2D eigenvalue weighted by molar-refractivity contribution is 5.78. The molecule has 0 heterocycles. The summed E-state index contributed by atoms with van der Waals surface area (Å²) < 4.78 is 0. The van der Waals surface area contributed by atoms with Crippen LogP contribution in [0.2, 0.25) is 0 Å². The van der Waals surface area contributed by atoms with Gasteiger partial charge in [-0.2, -0.15) is 0 Å². The van der Waals surface area contributed by atoms with Crippen LogP contribution >= 0.6 is 0 Å². The molecule has 1 atom stereocenters. The Balaban J connectivity index is 2.48. The summed E-state index contributed by atoms with van der Waals surface area (Å²) in [5.74, 6) is 0.0640. The highest BCUT2D eigenvalue weighted by Crippen LogP contribution is 2.06. The van der Waals surface area contributed by atoms with E-state index in [2.05, 4.69) is 5.32 Å². The second-order valence-corrected chi connectivity index (χ2v) is 3.80. The van der Waals surface area contributed by atoms with Crippen LogP contribution in [0.25, 0.3) is 0 Å². The zero-order valence-corrected chi connectivity index (χ0v) is 9.29. The molecule has 0 bridgehead atoms. The number of nitrogens with one attached hydrogen (secondary N) is 1. The molecular weight excluding hydrogens is 188 g/mol. The van der Waals surface area contributed by atoms with Gasteiger partial charge in [0, 0.05) is 11.7 Å². The molecule has 0 aliphatic rings. The van der Waals surface area contributed by atoms with Gasteiger partial charge < -0.3 is 11.1 Å². The van der Waals surface area contributed by atoms with Crippen LogP contribution in [-0.2, 0) is 11.2 Å². The number of carbonyl (C=O) groups is 1. The molecule has 0 aliphatic carbocycles. The van der Waals surface area contributed by atoms with Crippen molar-refractivity contribution in [2.75, 3.05) is 5.73 Å². The van der Waals surface area contributed by atoms with Gasteiger partial charge in [-0.3, -0.25) is 4.79 Å². The fourth-order valence-electron chi connectivity index (χ4n) is 1.25. The molecule has 0 radical (unpaired) electrons. The first-order valence-electron chi connectivity index (χ1n) is 5.25. The Hall–Kier alpha value is -1.51. The Morgan fingerprint density at radius 3 is 2.53 bits per heavy atom. The third-order valence-electron chi connectivity index (χ3n) is 2.36. The average molecular weight is 206 g/mol. The van der Waals surface area contributed by atoms with Gasteiger partial charge in [0.2, 0.25) is 5.91 Å². The average Bonchev–Trinajstić information content (AvgIpc) is 2.21. The molecule has 1 rings (SSSR count). The van der Waals surface area contributed by atoms with Gasteiger partial charge in [0.05, 0.1) is 6.42 Å². The first-order chi connectivity index (χ1) is 7.11. The summed E-state index contributed by atoms with van der Waals surface area (Å²) in [4.78, 5) is 11.5. The largest absolute Gasteiger partial charge is 0.399 e. The fraction of sp³-hybridized carbons (Fsp3) is 0.417. The minimum absolute atomic E-state index is 0.0640. The molecule has 3 heteroatoms. The Morgan fingerprint density at radius 2 is 2.00 bits per heavy atom. The number of rotatable bonds is 4. The smallest absolute Gasteiger partial charge is 0.224 e. The maximum atomic E-state index is 11.5. The van der Waals surface area contributed by atoms with E-state index < -0.39 is 0 Å². The van der Waals surface area contributed by atoms with Crippen LogP contribution in [0.1, 0.15) is 25.8 Å². The predicted octanol–water partition coefficient (Wildman–Crippen LogP) is 1.73. The second-order valence-electron chi connectivity index (χ2n) is 3.80. The fourth-order valence-corrected chi connectivity index (χ4v) is 1.25. The van der Waals surface area contributed by atoms with Crippen molar-refractivity contribution >= 4 is 11.6 Å². The van der Waals surface area contributed by atoms with E-state index >= 15 is 0 Å². The Bertz CT molecular complexity index is 319. The van der Waals surface area contributed by atoms with Gasteiger partial charge in [0.1, 0.15) is 0 Å². The van der Waals surface area contributed by atoms with E-state index in [9.17, 15) is 4.79 Å². The molecule has 1 aromatic carbocycles. The molecule has 82 valence electrons. The van der Waals surface area contributed by atoms with E-state index in [-0.39, 0.29) is 11.9 Å². The van der Waals surface area contributed by atoms with Crippen molar-refractivity contribution in [2.45, 2.75) is 32.7 Å². The third kappa shape index (κ3) is 4.02. The third-order valence-corrected chi connectivity index (χ3v) is 2.36. The van der Waals surface area contributed by atoms with Crippen molar-refractivity contribution < 1.29 is 4.79 Å². The number of nitrogen functional groups attached to an aromatic ring is 1. The molecule has 0 aliphatic heterocycles. The minimum atomic E-state index is 0.0640. The van der Waals surface area contributed by atoms with Crippen LogP contribution in [0.3, 0.4) is 0 Å². The topological polar surface area (TPSA) is 55.1 Å². The lowest BCUT2D eigenvalue weighted by Crippen LogP contribution is -2.33. The number of hydrogen-bond donors (Lipinski definition) is 2. The van der Waals surface area contributed by atoms with E-state index in [1.165, 1.54) is 0 Å². The number of benzene rings is 1. The highest BCUT2D eigenvalue weighted by atomic mass is 16.1. The molecule has 0 unspecified atom stereocenters. The van der Waals surface area contributed by atoms with E-state index in [4.69, 9.17) is 5.73 Å². The summed E-state index contributed by atoms with van der Waals surface area (Å²) in [7, 11) is 0. The lowest BCUT2D eigenvalue weighted by Gasteiger charge is -2.11. The van der Waals surface area contributed by atoms with Crippen LogP contribution in [-0.4, -0.2) is 11.9 Å². The minimum Gasteiger partial charge on any atom is -0.399 e. The van der Waals surface area contributed by atoms with Gasteiger partial charge in [0.25, 0.3) is 0 Å². The van der Waals surface area contributed by atoms with Gasteiger partial charge in [-0.05, 0) is 31.0 Å². The number of nitrogens with two attached hydrogens (primary N) is 1. The van der Waals surface area contributed by atoms with Crippen molar-refractivity contribution in [3.05, 3.63) is 29.8 Å².